The summed E-state index contributed by atoms with van der Waals surface area (Å²) in [5, 5.41) is 3.13. The van der Waals surface area contributed by atoms with Crippen molar-refractivity contribution in [2.45, 2.75) is 38.1 Å². The fourth-order valence-corrected chi connectivity index (χ4v) is 3.11. The van der Waals surface area contributed by atoms with Crippen LogP contribution in [0.5, 0.6) is 11.5 Å². The third-order valence-electron chi connectivity index (χ3n) is 4.42. The first-order valence-corrected chi connectivity index (χ1v) is 7.88. The number of carbonyl (C=O) groups is 1. The zero-order valence-corrected chi connectivity index (χ0v) is 14.7. The van der Waals surface area contributed by atoms with Gasteiger partial charge in [0.2, 0.25) is 5.91 Å². The Morgan fingerprint density at radius 1 is 1.30 bits per heavy atom. The molecule has 23 heavy (non-hydrogen) atoms. The van der Waals surface area contributed by atoms with Gasteiger partial charge in [-0.1, -0.05) is 6.42 Å². The first-order chi connectivity index (χ1) is 10.7. The number of aryl methyl sites for hydroxylation is 1. The van der Waals surface area contributed by atoms with E-state index in [1.165, 1.54) is 0 Å². The third-order valence-corrected chi connectivity index (χ3v) is 4.42. The van der Waals surface area contributed by atoms with Crippen LogP contribution >= 0.6 is 12.4 Å². The average molecular weight is 343 g/mol. The van der Waals surface area contributed by atoms with Gasteiger partial charge in [0.15, 0.2) is 0 Å². The lowest BCUT2D eigenvalue weighted by Crippen LogP contribution is -2.39. The largest absolute Gasteiger partial charge is 0.497 e. The van der Waals surface area contributed by atoms with E-state index in [0.717, 1.165) is 36.3 Å². The molecule has 1 amide bonds. The first kappa shape index (κ1) is 19.6. The van der Waals surface area contributed by atoms with E-state index in [-0.39, 0.29) is 24.4 Å². The van der Waals surface area contributed by atoms with Crippen LogP contribution in [0.1, 0.15) is 31.2 Å². The fraction of sp³-hybridized carbons (Fsp3) is 0.588. The molecule has 2 unspecified atom stereocenters. The van der Waals surface area contributed by atoms with E-state index in [2.05, 4.69) is 5.32 Å². The number of hydrogen-bond donors (Lipinski definition) is 2. The van der Waals surface area contributed by atoms with Gasteiger partial charge in [-0.25, -0.2) is 0 Å². The van der Waals surface area contributed by atoms with Gasteiger partial charge in [0.05, 0.1) is 14.2 Å². The van der Waals surface area contributed by atoms with Crippen LogP contribution < -0.4 is 20.5 Å². The van der Waals surface area contributed by atoms with Crippen molar-refractivity contribution >= 4 is 18.3 Å². The number of carbonyl (C=O) groups excluding carboxylic acids is 1. The van der Waals surface area contributed by atoms with Crippen LogP contribution in [0.3, 0.4) is 0 Å². The Labute approximate surface area is 144 Å². The summed E-state index contributed by atoms with van der Waals surface area (Å²) in [6.07, 6.45) is 4.38. The highest BCUT2D eigenvalue weighted by Crippen LogP contribution is 2.26. The molecule has 1 fully saturated rings. The molecule has 130 valence electrons. The van der Waals surface area contributed by atoms with E-state index >= 15 is 0 Å². The normalized spacial score (nSPS) is 19.8. The molecular formula is C17H27ClN2O3. The number of amides is 1. The molecule has 6 heteroatoms. The molecule has 1 aliphatic rings. The standard InChI is InChI=1S/C17H26N2O3.ClH/c1-21-14-7-8-16(22-2)12(10-14)6-9-17(20)19-15-5-3-4-13(15)11-18;/h7-8,10,13,15H,3-6,9,11,18H2,1-2H3,(H,19,20);1H. The fourth-order valence-electron chi connectivity index (χ4n) is 3.11. The average Bonchev–Trinajstić information content (AvgIpc) is 2.99. The van der Waals surface area contributed by atoms with Crippen LogP contribution in [0.2, 0.25) is 0 Å². The highest BCUT2D eigenvalue weighted by Gasteiger charge is 2.27. The molecule has 0 spiro atoms. The van der Waals surface area contributed by atoms with Crippen LogP contribution in [0.4, 0.5) is 0 Å². The summed E-state index contributed by atoms with van der Waals surface area (Å²) in [4.78, 5) is 12.2. The first-order valence-electron chi connectivity index (χ1n) is 7.88. The Morgan fingerprint density at radius 3 is 2.74 bits per heavy atom. The van der Waals surface area contributed by atoms with Crippen molar-refractivity contribution in [1.29, 1.82) is 0 Å². The van der Waals surface area contributed by atoms with Gasteiger partial charge in [-0.05, 0) is 55.5 Å². The van der Waals surface area contributed by atoms with E-state index in [1.54, 1.807) is 14.2 Å². The summed E-state index contributed by atoms with van der Waals surface area (Å²) in [5.74, 6) is 2.06. The van der Waals surface area contributed by atoms with Crippen LogP contribution in [0.15, 0.2) is 18.2 Å². The zero-order valence-electron chi connectivity index (χ0n) is 13.8. The molecule has 2 atom stereocenters. The summed E-state index contributed by atoms with van der Waals surface area (Å²) >= 11 is 0. The molecule has 0 bridgehead atoms. The van der Waals surface area contributed by atoms with Crippen molar-refractivity contribution in [2.75, 3.05) is 20.8 Å². The van der Waals surface area contributed by atoms with Gasteiger partial charge < -0.3 is 20.5 Å². The second-order valence-electron chi connectivity index (χ2n) is 5.78. The molecule has 1 saturated carbocycles. The number of methoxy groups -OCH3 is 2. The van der Waals surface area contributed by atoms with Gasteiger partial charge in [0.1, 0.15) is 11.5 Å². The van der Waals surface area contributed by atoms with Crippen molar-refractivity contribution in [3.8, 4) is 11.5 Å². The van der Waals surface area contributed by atoms with Crippen molar-refractivity contribution < 1.29 is 14.3 Å². The second-order valence-corrected chi connectivity index (χ2v) is 5.78. The molecule has 1 aromatic carbocycles. The minimum atomic E-state index is 0. The molecule has 3 N–H and O–H groups in total. The number of rotatable bonds is 7. The number of nitrogens with two attached hydrogens (primary N) is 1. The Hall–Kier alpha value is -1.46. The lowest BCUT2D eigenvalue weighted by atomic mass is 10.0. The number of benzene rings is 1. The molecule has 5 nitrogen and oxygen atoms in total. The summed E-state index contributed by atoms with van der Waals surface area (Å²) in [7, 11) is 3.26. The van der Waals surface area contributed by atoms with Crippen molar-refractivity contribution in [3.63, 3.8) is 0 Å². The van der Waals surface area contributed by atoms with Crippen LogP contribution in [-0.2, 0) is 11.2 Å². The molecular weight excluding hydrogens is 316 g/mol. The topological polar surface area (TPSA) is 73.6 Å². The third kappa shape index (κ3) is 5.29. The molecule has 0 aromatic heterocycles. The van der Waals surface area contributed by atoms with Gasteiger partial charge in [0, 0.05) is 12.5 Å². The molecule has 0 radical (unpaired) electrons. The van der Waals surface area contributed by atoms with Gasteiger partial charge in [-0.15, -0.1) is 12.4 Å². The Balaban J connectivity index is 0.00000264. The molecule has 0 aliphatic heterocycles. The highest BCUT2D eigenvalue weighted by molar-refractivity contribution is 5.85. The van der Waals surface area contributed by atoms with Crippen molar-refractivity contribution in [2.24, 2.45) is 11.7 Å². The van der Waals surface area contributed by atoms with Gasteiger partial charge in [-0.2, -0.15) is 0 Å². The van der Waals surface area contributed by atoms with Crippen LogP contribution in [0, 0.1) is 5.92 Å². The number of ether oxygens (including phenoxy) is 2. The van der Waals surface area contributed by atoms with Crippen LogP contribution in [-0.4, -0.2) is 32.7 Å². The summed E-state index contributed by atoms with van der Waals surface area (Å²) in [6.45, 7) is 0.647. The Kier molecular flexibility index (Phi) is 8.20. The second kappa shape index (κ2) is 9.63. The zero-order chi connectivity index (χ0) is 15.9. The molecule has 0 saturated heterocycles. The SMILES string of the molecule is COc1ccc(OC)c(CCC(=O)NC2CCCC2CN)c1.Cl. The Morgan fingerprint density at radius 2 is 2.09 bits per heavy atom. The van der Waals surface area contributed by atoms with E-state index in [4.69, 9.17) is 15.2 Å². The maximum atomic E-state index is 12.2. The lowest BCUT2D eigenvalue weighted by Gasteiger charge is -2.19. The minimum Gasteiger partial charge on any atom is -0.497 e. The Bertz CT molecular complexity index is 511. The number of hydrogen-bond acceptors (Lipinski definition) is 4. The summed E-state index contributed by atoms with van der Waals surface area (Å²) in [5.41, 5.74) is 6.74. The monoisotopic (exact) mass is 342 g/mol. The summed E-state index contributed by atoms with van der Waals surface area (Å²) < 4.78 is 10.6. The molecule has 1 aliphatic carbocycles. The number of halogens is 1. The predicted molar refractivity (Wildman–Crippen MR) is 93.4 cm³/mol. The highest BCUT2D eigenvalue weighted by atomic mass is 35.5. The molecule has 0 heterocycles. The quantitative estimate of drug-likeness (QED) is 0.797. The minimum absolute atomic E-state index is 0. The molecule has 1 aromatic rings. The van der Waals surface area contributed by atoms with Gasteiger partial charge >= 0.3 is 0 Å². The maximum Gasteiger partial charge on any atom is 0.220 e. The van der Waals surface area contributed by atoms with Crippen molar-refractivity contribution in [1.82, 2.24) is 5.32 Å². The van der Waals surface area contributed by atoms with Crippen LogP contribution in [0.25, 0.3) is 0 Å². The maximum absolute atomic E-state index is 12.2. The van der Waals surface area contributed by atoms with E-state index < -0.39 is 0 Å². The number of nitrogens with one attached hydrogen (secondary N) is 1. The van der Waals surface area contributed by atoms with Crippen molar-refractivity contribution in [3.05, 3.63) is 23.8 Å². The lowest BCUT2D eigenvalue weighted by molar-refractivity contribution is -0.122. The molecule has 2 rings (SSSR count). The summed E-state index contributed by atoms with van der Waals surface area (Å²) in [6, 6.07) is 5.88. The van der Waals surface area contributed by atoms with E-state index in [0.29, 0.717) is 25.3 Å². The predicted octanol–water partition coefficient (Wildman–Crippen LogP) is 2.30. The van der Waals surface area contributed by atoms with Gasteiger partial charge in [-0.3, -0.25) is 4.79 Å². The van der Waals surface area contributed by atoms with E-state index in [1.807, 2.05) is 18.2 Å². The van der Waals surface area contributed by atoms with E-state index in [9.17, 15) is 4.79 Å². The van der Waals surface area contributed by atoms with Gasteiger partial charge in [0.25, 0.3) is 0 Å². The smallest absolute Gasteiger partial charge is 0.220 e.